The van der Waals surface area contributed by atoms with Gasteiger partial charge in [-0.15, -0.1) is 0 Å². The van der Waals surface area contributed by atoms with E-state index in [0.29, 0.717) is 25.5 Å². The molecule has 0 aliphatic carbocycles. The number of benzene rings is 2. The Balaban J connectivity index is 1.39. The minimum absolute atomic E-state index is 0.0448. The third-order valence-electron chi connectivity index (χ3n) is 5.82. The Hall–Kier alpha value is -3.75. The number of ether oxygens (including phenoxy) is 2. The van der Waals surface area contributed by atoms with E-state index in [9.17, 15) is 4.79 Å². The van der Waals surface area contributed by atoms with Crippen LogP contribution in [0.3, 0.4) is 0 Å². The molecule has 2 amide bonds. The molecule has 4 rings (SSSR count). The van der Waals surface area contributed by atoms with Crippen LogP contribution in [0.4, 0.5) is 10.5 Å². The number of urea groups is 1. The number of nitrogens with zero attached hydrogens (tertiary/aromatic N) is 5. The van der Waals surface area contributed by atoms with Gasteiger partial charge in [0, 0.05) is 44.5 Å². The van der Waals surface area contributed by atoms with E-state index in [-0.39, 0.29) is 6.03 Å². The van der Waals surface area contributed by atoms with Crippen LogP contribution >= 0.6 is 0 Å². The van der Waals surface area contributed by atoms with E-state index in [1.54, 1.807) is 18.1 Å². The van der Waals surface area contributed by atoms with Crippen LogP contribution in [0.25, 0.3) is 5.69 Å². The average molecular weight is 465 g/mol. The summed E-state index contributed by atoms with van der Waals surface area (Å²) in [7, 11) is 1.64. The highest BCUT2D eigenvalue weighted by Crippen LogP contribution is 2.29. The molecule has 180 valence electrons. The number of amides is 2. The van der Waals surface area contributed by atoms with Gasteiger partial charge in [-0.25, -0.2) is 14.5 Å². The van der Waals surface area contributed by atoms with E-state index in [0.717, 1.165) is 54.5 Å². The number of methoxy groups -OCH3 is 1. The molecule has 1 saturated heterocycles. The molecule has 3 aromatic rings. The zero-order chi connectivity index (χ0) is 23.9. The molecule has 0 saturated carbocycles. The van der Waals surface area contributed by atoms with Crippen LogP contribution in [0.1, 0.15) is 24.7 Å². The van der Waals surface area contributed by atoms with Gasteiger partial charge >= 0.3 is 6.03 Å². The first-order chi connectivity index (χ1) is 16.6. The van der Waals surface area contributed by atoms with Crippen molar-refractivity contribution in [2.75, 3.05) is 44.8 Å². The summed E-state index contributed by atoms with van der Waals surface area (Å²) in [6.07, 6.45) is 2.58. The highest BCUT2D eigenvalue weighted by Gasteiger charge is 2.20. The summed E-state index contributed by atoms with van der Waals surface area (Å²) in [5, 5.41) is 7.45. The molecular weight excluding hydrogens is 432 g/mol. The minimum atomic E-state index is -0.0448. The summed E-state index contributed by atoms with van der Waals surface area (Å²) in [5.74, 6) is 2.26. The number of hydrogen-bond donors (Lipinski definition) is 1. The molecule has 0 unspecified atom stereocenters. The molecule has 1 aliphatic rings. The Morgan fingerprint density at radius 1 is 1.12 bits per heavy atom. The number of carbonyl (C=O) groups is 1. The summed E-state index contributed by atoms with van der Waals surface area (Å²) in [6.45, 7) is 7.85. The first-order valence-corrected chi connectivity index (χ1v) is 11.6. The van der Waals surface area contributed by atoms with E-state index in [2.05, 4.69) is 26.4 Å². The molecular formula is C25H32N6O3. The number of aromatic nitrogens is 3. The third-order valence-corrected chi connectivity index (χ3v) is 5.82. The molecule has 0 spiro atoms. The maximum absolute atomic E-state index is 12.8. The topological polar surface area (TPSA) is 84.8 Å². The minimum Gasteiger partial charge on any atom is -0.497 e. The largest absolute Gasteiger partial charge is 0.497 e. The van der Waals surface area contributed by atoms with E-state index in [1.165, 1.54) is 0 Å². The Labute approximate surface area is 200 Å². The van der Waals surface area contributed by atoms with E-state index < -0.39 is 0 Å². The van der Waals surface area contributed by atoms with Crippen LogP contribution in [0, 0.1) is 6.92 Å². The summed E-state index contributed by atoms with van der Waals surface area (Å²) in [4.78, 5) is 21.2. The van der Waals surface area contributed by atoms with Crippen molar-refractivity contribution in [3.8, 4) is 17.2 Å². The molecule has 0 bridgehead atoms. The Morgan fingerprint density at radius 3 is 2.76 bits per heavy atom. The van der Waals surface area contributed by atoms with Crippen molar-refractivity contribution in [1.82, 2.24) is 25.0 Å². The van der Waals surface area contributed by atoms with Crippen molar-refractivity contribution in [1.29, 1.82) is 0 Å². The van der Waals surface area contributed by atoms with Gasteiger partial charge in [-0.1, -0.05) is 12.1 Å². The standard InChI is InChI=1S/C25H32N6O3/c1-4-34-24-16-21(9-10-23(24)31-18-27-19(2)28-31)29-11-6-12-30(14-13-29)25(32)26-17-20-7-5-8-22(15-20)33-3/h5,7-10,15-16,18H,4,6,11-14,17H2,1-3H3,(H,26,32). The van der Waals surface area contributed by atoms with Crippen molar-refractivity contribution in [3.63, 3.8) is 0 Å². The molecule has 1 aliphatic heterocycles. The van der Waals surface area contributed by atoms with Gasteiger partial charge in [0.2, 0.25) is 0 Å². The van der Waals surface area contributed by atoms with Crippen LogP contribution in [-0.4, -0.2) is 65.6 Å². The maximum Gasteiger partial charge on any atom is 0.317 e. The van der Waals surface area contributed by atoms with E-state index >= 15 is 0 Å². The monoisotopic (exact) mass is 464 g/mol. The van der Waals surface area contributed by atoms with E-state index in [1.807, 2.05) is 55.1 Å². The molecule has 2 heterocycles. The molecule has 0 radical (unpaired) electrons. The zero-order valence-corrected chi connectivity index (χ0v) is 20.0. The van der Waals surface area contributed by atoms with Crippen LogP contribution < -0.4 is 19.7 Å². The van der Waals surface area contributed by atoms with Crippen molar-refractivity contribution in [2.24, 2.45) is 0 Å². The summed E-state index contributed by atoms with van der Waals surface area (Å²) in [5.41, 5.74) is 2.94. The van der Waals surface area contributed by atoms with Crippen LogP contribution in [-0.2, 0) is 6.54 Å². The number of rotatable bonds is 7. The lowest BCUT2D eigenvalue weighted by molar-refractivity contribution is 0.201. The van der Waals surface area contributed by atoms with Gasteiger partial charge in [-0.05, 0) is 50.1 Å². The van der Waals surface area contributed by atoms with Gasteiger partial charge in [0.1, 0.15) is 29.3 Å². The van der Waals surface area contributed by atoms with Crippen molar-refractivity contribution < 1.29 is 14.3 Å². The molecule has 9 heteroatoms. The molecule has 1 fully saturated rings. The summed E-state index contributed by atoms with van der Waals surface area (Å²) >= 11 is 0. The summed E-state index contributed by atoms with van der Waals surface area (Å²) < 4.78 is 12.9. The molecule has 0 atom stereocenters. The SMILES string of the molecule is CCOc1cc(N2CCCN(C(=O)NCc3cccc(OC)c3)CC2)ccc1-n1cnc(C)n1. The Kier molecular flexibility index (Phi) is 7.51. The van der Waals surface area contributed by atoms with Crippen LogP contribution in [0.5, 0.6) is 11.5 Å². The predicted octanol–water partition coefficient (Wildman–Crippen LogP) is 3.40. The van der Waals surface area contributed by atoms with Gasteiger partial charge in [-0.3, -0.25) is 0 Å². The van der Waals surface area contributed by atoms with Gasteiger partial charge < -0.3 is 24.6 Å². The highest BCUT2D eigenvalue weighted by molar-refractivity contribution is 5.74. The Morgan fingerprint density at radius 2 is 2.00 bits per heavy atom. The number of aryl methyl sites for hydroxylation is 1. The lowest BCUT2D eigenvalue weighted by Crippen LogP contribution is -2.41. The number of anilines is 1. The molecule has 1 N–H and O–H groups in total. The van der Waals surface area contributed by atoms with Crippen molar-refractivity contribution >= 4 is 11.7 Å². The first kappa shape index (κ1) is 23.4. The van der Waals surface area contributed by atoms with Gasteiger partial charge in [0.15, 0.2) is 0 Å². The van der Waals surface area contributed by atoms with Crippen molar-refractivity contribution in [3.05, 3.63) is 60.2 Å². The van der Waals surface area contributed by atoms with Crippen LogP contribution in [0.2, 0.25) is 0 Å². The van der Waals surface area contributed by atoms with Gasteiger partial charge in [0.05, 0.1) is 13.7 Å². The second-order valence-corrected chi connectivity index (χ2v) is 8.16. The summed E-state index contributed by atoms with van der Waals surface area (Å²) in [6, 6.07) is 13.8. The van der Waals surface area contributed by atoms with Gasteiger partial charge in [0.25, 0.3) is 0 Å². The highest BCUT2D eigenvalue weighted by atomic mass is 16.5. The molecule has 1 aromatic heterocycles. The normalized spacial score (nSPS) is 14.0. The first-order valence-electron chi connectivity index (χ1n) is 11.6. The predicted molar refractivity (Wildman–Crippen MR) is 131 cm³/mol. The number of carbonyl (C=O) groups excluding carboxylic acids is 1. The third kappa shape index (κ3) is 5.59. The van der Waals surface area contributed by atoms with Gasteiger partial charge in [-0.2, -0.15) is 5.10 Å². The fourth-order valence-electron chi connectivity index (χ4n) is 4.07. The lowest BCUT2D eigenvalue weighted by atomic mass is 10.2. The lowest BCUT2D eigenvalue weighted by Gasteiger charge is -2.25. The molecule has 34 heavy (non-hydrogen) atoms. The fraction of sp³-hybridized carbons (Fsp3) is 0.400. The van der Waals surface area contributed by atoms with Crippen molar-refractivity contribution in [2.45, 2.75) is 26.8 Å². The Bertz CT molecular complexity index is 1120. The van der Waals surface area contributed by atoms with E-state index in [4.69, 9.17) is 9.47 Å². The maximum atomic E-state index is 12.8. The smallest absolute Gasteiger partial charge is 0.317 e. The second-order valence-electron chi connectivity index (χ2n) is 8.16. The zero-order valence-electron chi connectivity index (χ0n) is 20.0. The molecule has 9 nitrogen and oxygen atoms in total. The molecule has 2 aromatic carbocycles. The average Bonchev–Trinajstić information content (AvgIpc) is 3.13. The second kappa shape index (κ2) is 10.9. The van der Waals surface area contributed by atoms with Crippen LogP contribution in [0.15, 0.2) is 48.8 Å². The quantitative estimate of drug-likeness (QED) is 0.577. The number of hydrogen-bond acceptors (Lipinski definition) is 6. The fourth-order valence-corrected chi connectivity index (χ4v) is 4.07. The number of nitrogens with one attached hydrogen (secondary N) is 1.